The largest absolute Gasteiger partial charge is 0.280 e. The van der Waals surface area contributed by atoms with Crippen LogP contribution in [0.2, 0.25) is 0 Å². The number of aryl methyl sites for hydroxylation is 1. The molecule has 0 radical (unpaired) electrons. The van der Waals surface area contributed by atoms with Crippen molar-refractivity contribution in [2.45, 2.75) is 0 Å². The Hall–Kier alpha value is -1.76. The Bertz CT molecular complexity index is 566. The molecule has 2 rings (SSSR count). The van der Waals surface area contributed by atoms with E-state index in [1.807, 2.05) is 0 Å². The van der Waals surface area contributed by atoms with Crippen LogP contribution < -0.4 is 5.56 Å². The number of nitrogens with one attached hydrogen (secondary N) is 2. The van der Waals surface area contributed by atoms with Crippen molar-refractivity contribution in [2.75, 3.05) is 0 Å². The topological polar surface area (TPSA) is 79.4 Å². The molecular weight excluding hydrogens is 202 g/mol. The third-order valence-electron chi connectivity index (χ3n) is 1.70. The van der Waals surface area contributed by atoms with Gasteiger partial charge in [0.15, 0.2) is 5.82 Å². The van der Waals surface area contributed by atoms with Gasteiger partial charge in [-0.1, -0.05) is 0 Å². The molecule has 72 valence electrons. The first-order valence-electron chi connectivity index (χ1n) is 3.86. The van der Waals surface area contributed by atoms with Crippen LogP contribution in [0.15, 0.2) is 16.9 Å². The number of hydrogen-bond acceptors (Lipinski definition) is 4. The van der Waals surface area contributed by atoms with Crippen LogP contribution in [0, 0.1) is 4.77 Å². The van der Waals surface area contributed by atoms with Crippen LogP contribution in [0.5, 0.6) is 0 Å². The third-order valence-corrected chi connectivity index (χ3v) is 1.90. The standard InChI is InChI=1S/C7H7N5OS/c1-12-5(13)3-2-4(11-12)6-8-7(14)10-9-6/h2-3H,1H3,(H2,8,9,10,14). The Labute approximate surface area is 83.6 Å². The minimum atomic E-state index is -0.164. The number of aromatic amines is 2. The predicted octanol–water partition coefficient (Wildman–Crippen LogP) is 0.228. The average molecular weight is 209 g/mol. The summed E-state index contributed by atoms with van der Waals surface area (Å²) in [6.45, 7) is 0. The summed E-state index contributed by atoms with van der Waals surface area (Å²) in [6, 6.07) is 3.01. The van der Waals surface area contributed by atoms with Gasteiger partial charge in [0, 0.05) is 13.1 Å². The van der Waals surface area contributed by atoms with Gasteiger partial charge in [-0.25, -0.2) is 4.68 Å². The fourth-order valence-corrected chi connectivity index (χ4v) is 1.16. The summed E-state index contributed by atoms with van der Waals surface area (Å²) in [5.74, 6) is 0.519. The summed E-state index contributed by atoms with van der Waals surface area (Å²) in [6.07, 6.45) is 0. The van der Waals surface area contributed by atoms with Crippen molar-refractivity contribution < 1.29 is 0 Å². The van der Waals surface area contributed by atoms with E-state index < -0.39 is 0 Å². The lowest BCUT2D eigenvalue weighted by Gasteiger charge is -1.97. The fraction of sp³-hybridized carbons (Fsp3) is 0.143. The van der Waals surface area contributed by atoms with Gasteiger partial charge >= 0.3 is 0 Å². The summed E-state index contributed by atoms with van der Waals surface area (Å²) in [5.41, 5.74) is 0.405. The molecule has 2 aromatic heterocycles. The van der Waals surface area contributed by atoms with Crippen molar-refractivity contribution in [3.8, 4) is 11.5 Å². The second-order valence-electron chi connectivity index (χ2n) is 2.70. The average Bonchev–Trinajstić information content (AvgIpc) is 2.57. The molecule has 0 saturated carbocycles. The Balaban J connectivity index is 2.58. The predicted molar refractivity (Wildman–Crippen MR) is 52.2 cm³/mol. The van der Waals surface area contributed by atoms with Crippen LogP contribution in [-0.4, -0.2) is 25.0 Å². The number of H-pyrrole nitrogens is 2. The van der Waals surface area contributed by atoms with Crippen molar-refractivity contribution >= 4 is 12.2 Å². The SMILES string of the molecule is Cn1nc(-c2nc(=S)[nH][nH]2)ccc1=O. The quantitative estimate of drug-likeness (QED) is 0.659. The zero-order valence-electron chi connectivity index (χ0n) is 7.31. The molecule has 0 aromatic carbocycles. The highest BCUT2D eigenvalue weighted by Gasteiger charge is 2.03. The highest BCUT2D eigenvalue weighted by molar-refractivity contribution is 7.71. The van der Waals surface area contributed by atoms with E-state index in [4.69, 9.17) is 12.2 Å². The lowest BCUT2D eigenvalue weighted by Crippen LogP contribution is -2.18. The van der Waals surface area contributed by atoms with Crippen LogP contribution in [0.1, 0.15) is 0 Å². The maximum Gasteiger partial charge on any atom is 0.266 e. The van der Waals surface area contributed by atoms with Gasteiger partial charge in [0.2, 0.25) is 4.77 Å². The summed E-state index contributed by atoms with van der Waals surface area (Å²) >= 11 is 4.80. The number of hydrogen-bond donors (Lipinski definition) is 2. The van der Waals surface area contributed by atoms with Crippen molar-refractivity contribution in [3.05, 3.63) is 27.3 Å². The molecule has 0 atom stereocenters. The van der Waals surface area contributed by atoms with E-state index in [9.17, 15) is 4.79 Å². The fourth-order valence-electron chi connectivity index (χ4n) is 1.02. The highest BCUT2D eigenvalue weighted by Crippen LogP contribution is 2.06. The molecule has 7 heteroatoms. The molecule has 0 fully saturated rings. The summed E-state index contributed by atoms with van der Waals surface area (Å²) in [5, 5.41) is 9.40. The maximum atomic E-state index is 11.0. The van der Waals surface area contributed by atoms with Gasteiger partial charge in [0.25, 0.3) is 5.56 Å². The summed E-state index contributed by atoms with van der Waals surface area (Å²) < 4.78 is 1.59. The van der Waals surface area contributed by atoms with E-state index in [1.165, 1.54) is 10.7 Å². The van der Waals surface area contributed by atoms with E-state index in [0.29, 0.717) is 16.3 Å². The van der Waals surface area contributed by atoms with Crippen molar-refractivity contribution in [1.82, 2.24) is 25.0 Å². The molecule has 2 aromatic rings. The zero-order valence-corrected chi connectivity index (χ0v) is 8.13. The molecule has 2 heterocycles. The molecule has 0 spiro atoms. The molecule has 6 nitrogen and oxygen atoms in total. The lowest BCUT2D eigenvalue weighted by atomic mass is 10.4. The highest BCUT2D eigenvalue weighted by atomic mass is 32.1. The van der Waals surface area contributed by atoms with Gasteiger partial charge in [0.05, 0.1) is 0 Å². The zero-order chi connectivity index (χ0) is 10.1. The van der Waals surface area contributed by atoms with Crippen LogP contribution in [0.3, 0.4) is 0 Å². The minimum Gasteiger partial charge on any atom is -0.280 e. The number of nitrogens with zero attached hydrogens (tertiary/aromatic N) is 3. The van der Waals surface area contributed by atoms with Gasteiger partial charge in [-0.2, -0.15) is 10.1 Å². The second-order valence-corrected chi connectivity index (χ2v) is 3.08. The Kier molecular flexibility index (Phi) is 2.01. The van der Waals surface area contributed by atoms with E-state index >= 15 is 0 Å². The van der Waals surface area contributed by atoms with Crippen LogP contribution in [-0.2, 0) is 7.05 Å². The molecular formula is C7H7N5OS. The molecule has 0 aliphatic rings. The van der Waals surface area contributed by atoms with Gasteiger partial charge < -0.3 is 0 Å². The number of aromatic nitrogens is 5. The van der Waals surface area contributed by atoms with E-state index in [-0.39, 0.29) is 5.56 Å². The van der Waals surface area contributed by atoms with Gasteiger partial charge in [0.1, 0.15) is 5.69 Å². The minimum absolute atomic E-state index is 0.164. The van der Waals surface area contributed by atoms with Crippen molar-refractivity contribution in [1.29, 1.82) is 0 Å². The molecule has 0 saturated heterocycles. The second kappa shape index (κ2) is 3.18. The first-order valence-corrected chi connectivity index (χ1v) is 4.27. The number of rotatable bonds is 1. The summed E-state index contributed by atoms with van der Waals surface area (Å²) in [4.78, 5) is 15.0. The molecule has 0 bridgehead atoms. The first-order chi connectivity index (χ1) is 6.66. The first kappa shape index (κ1) is 8.82. The monoisotopic (exact) mass is 209 g/mol. The Morgan fingerprint density at radius 3 is 2.79 bits per heavy atom. The molecule has 0 aliphatic heterocycles. The summed E-state index contributed by atoms with van der Waals surface area (Å²) in [7, 11) is 1.58. The van der Waals surface area contributed by atoms with E-state index in [1.54, 1.807) is 13.1 Å². The normalized spacial score (nSPS) is 10.4. The molecule has 14 heavy (non-hydrogen) atoms. The van der Waals surface area contributed by atoms with Gasteiger partial charge in [-0.15, -0.1) is 0 Å². The van der Waals surface area contributed by atoms with Gasteiger partial charge in [-0.05, 0) is 18.3 Å². The van der Waals surface area contributed by atoms with Crippen molar-refractivity contribution in [2.24, 2.45) is 7.05 Å². The Morgan fingerprint density at radius 2 is 2.21 bits per heavy atom. The lowest BCUT2D eigenvalue weighted by molar-refractivity contribution is 0.709. The smallest absolute Gasteiger partial charge is 0.266 e. The van der Waals surface area contributed by atoms with Crippen LogP contribution in [0.4, 0.5) is 0 Å². The third kappa shape index (κ3) is 1.49. The van der Waals surface area contributed by atoms with Crippen LogP contribution in [0.25, 0.3) is 11.5 Å². The maximum absolute atomic E-state index is 11.0. The Morgan fingerprint density at radius 1 is 1.43 bits per heavy atom. The molecule has 0 amide bonds. The van der Waals surface area contributed by atoms with Crippen molar-refractivity contribution in [3.63, 3.8) is 0 Å². The van der Waals surface area contributed by atoms with Gasteiger partial charge in [-0.3, -0.25) is 15.0 Å². The molecule has 0 unspecified atom stereocenters. The van der Waals surface area contributed by atoms with E-state index in [0.717, 1.165) is 0 Å². The van der Waals surface area contributed by atoms with E-state index in [2.05, 4.69) is 20.3 Å². The molecule has 2 N–H and O–H groups in total. The van der Waals surface area contributed by atoms with Crippen LogP contribution >= 0.6 is 12.2 Å². The molecule has 0 aliphatic carbocycles.